The minimum Gasteiger partial charge on any atom is -0.492 e. The van der Waals surface area contributed by atoms with Crippen molar-refractivity contribution >= 4 is 6.09 Å². The summed E-state index contributed by atoms with van der Waals surface area (Å²) in [6.07, 6.45) is 9.40. The first kappa shape index (κ1) is 37.4. The van der Waals surface area contributed by atoms with E-state index < -0.39 is 5.60 Å². The number of nitrogens with one attached hydrogen (secondary N) is 1. The van der Waals surface area contributed by atoms with Gasteiger partial charge in [-0.05, 0) is 153 Å². The molecule has 8 nitrogen and oxygen atoms in total. The van der Waals surface area contributed by atoms with E-state index in [9.17, 15) is 4.79 Å². The van der Waals surface area contributed by atoms with Gasteiger partial charge in [0.15, 0.2) is 0 Å². The Kier molecular flexibility index (Phi) is 13.3. The van der Waals surface area contributed by atoms with Crippen molar-refractivity contribution in [3.8, 4) is 11.5 Å². The van der Waals surface area contributed by atoms with Gasteiger partial charge in [0.1, 0.15) is 30.3 Å². The van der Waals surface area contributed by atoms with Gasteiger partial charge in [0.05, 0.1) is 6.04 Å². The van der Waals surface area contributed by atoms with Crippen LogP contribution >= 0.6 is 0 Å². The molecule has 4 saturated heterocycles. The molecule has 0 unspecified atom stereocenters. The molecule has 2 aromatic carbocycles. The number of carbonyl (C=O) groups is 1. The second-order valence-corrected chi connectivity index (χ2v) is 16.3. The van der Waals surface area contributed by atoms with Crippen molar-refractivity contribution in [2.45, 2.75) is 116 Å². The molecular formula is C41H64N4O4. The number of carbonyl (C=O) groups excluding carboxylic acids is 1. The first-order valence-corrected chi connectivity index (χ1v) is 19.0. The summed E-state index contributed by atoms with van der Waals surface area (Å²) in [5.41, 5.74) is 2.02. The Hall–Kier alpha value is -2.81. The van der Waals surface area contributed by atoms with E-state index in [4.69, 9.17) is 14.2 Å². The minimum atomic E-state index is -0.486. The molecule has 4 heterocycles. The number of hydrogen-bond donors (Lipinski definition) is 1. The highest BCUT2D eigenvalue weighted by molar-refractivity contribution is 5.69. The van der Waals surface area contributed by atoms with Gasteiger partial charge in [0.2, 0.25) is 0 Å². The van der Waals surface area contributed by atoms with Gasteiger partial charge >= 0.3 is 6.09 Å². The second-order valence-electron chi connectivity index (χ2n) is 16.3. The van der Waals surface area contributed by atoms with E-state index in [2.05, 4.69) is 79.5 Å². The van der Waals surface area contributed by atoms with Crippen LogP contribution < -0.4 is 14.8 Å². The molecule has 0 radical (unpaired) electrons. The molecule has 1 N–H and O–H groups in total. The van der Waals surface area contributed by atoms with Gasteiger partial charge in [-0.2, -0.15) is 0 Å². The highest BCUT2D eigenvalue weighted by Gasteiger charge is 2.34. The Morgan fingerprint density at radius 3 is 1.88 bits per heavy atom. The highest BCUT2D eigenvalue weighted by Crippen LogP contribution is 2.36. The molecule has 272 valence electrons. The molecule has 2 aromatic rings. The van der Waals surface area contributed by atoms with E-state index in [1.165, 1.54) is 50.6 Å². The molecule has 4 aliphatic rings. The summed E-state index contributed by atoms with van der Waals surface area (Å²) in [4.78, 5) is 19.5. The van der Waals surface area contributed by atoms with Crippen LogP contribution in [0.2, 0.25) is 0 Å². The lowest BCUT2D eigenvalue weighted by atomic mass is 9.90. The van der Waals surface area contributed by atoms with Crippen molar-refractivity contribution < 1.29 is 19.0 Å². The number of benzene rings is 2. The van der Waals surface area contributed by atoms with Crippen molar-refractivity contribution in [1.82, 2.24) is 20.0 Å². The van der Waals surface area contributed by atoms with Crippen LogP contribution in [-0.2, 0) is 4.74 Å². The molecule has 0 bridgehead atoms. The molecule has 0 aliphatic carbocycles. The topological polar surface area (TPSA) is 66.5 Å². The van der Waals surface area contributed by atoms with Crippen LogP contribution in [0.5, 0.6) is 11.5 Å². The van der Waals surface area contributed by atoms with Crippen LogP contribution in [0, 0.1) is 11.8 Å². The molecule has 4 fully saturated rings. The number of likely N-dealkylation sites (N-methyl/N-ethyl adjacent to an activating group) is 2. The lowest BCUT2D eigenvalue weighted by Crippen LogP contribution is -2.44. The lowest BCUT2D eigenvalue weighted by molar-refractivity contribution is 0.00359. The molecule has 0 saturated carbocycles. The maximum absolute atomic E-state index is 12.8. The maximum Gasteiger partial charge on any atom is 0.410 e. The van der Waals surface area contributed by atoms with Crippen LogP contribution in [0.25, 0.3) is 0 Å². The zero-order valence-electron chi connectivity index (χ0n) is 31.5. The van der Waals surface area contributed by atoms with Crippen molar-refractivity contribution in [3.05, 3.63) is 59.7 Å². The molecule has 4 aliphatic heterocycles. The van der Waals surface area contributed by atoms with Crippen LogP contribution in [0.4, 0.5) is 4.79 Å². The number of amides is 1. The Morgan fingerprint density at radius 1 is 0.776 bits per heavy atom. The van der Waals surface area contributed by atoms with Gasteiger partial charge in [-0.1, -0.05) is 38.1 Å². The van der Waals surface area contributed by atoms with Crippen molar-refractivity contribution in [1.29, 1.82) is 0 Å². The van der Waals surface area contributed by atoms with Gasteiger partial charge in [0, 0.05) is 24.7 Å². The average molecular weight is 677 g/mol. The highest BCUT2D eigenvalue weighted by atomic mass is 16.6. The number of nitrogens with zero attached hydrogens (tertiary/aromatic N) is 3. The number of piperidine rings is 2. The standard InChI is InChI=1S/C23H36N2O3.C18H28N2O/c1-17-11-12-21(25(15-17)22(26)28-23(2,3)4)18-8-6-10-20(14-18)27-16-19-9-7-13-24(19)5;1-14-8-9-18(19-12-14)15-5-3-7-17(11-15)21-13-16-6-4-10-20(16)2/h6,8,10,14,17,19,21H,7,9,11-13,15-16H2,1-5H3;3,5,7,11,14,16,18-19H,4,6,8-10,12-13H2,1-2H3/t17-,19-,21+;14-,16-,18+/m00/s1. The van der Waals surface area contributed by atoms with Crippen molar-refractivity contribution in [3.63, 3.8) is 0 Å². The summed E-state index contributed by atoms with van der Waals surface area (Å²) in [7, 11) is 4.36. The minimum absolute atomic E-state index is 0.0451. The van der Waals surface area contributed by atoms with Crippen molar-refractivity contribution in [2.24, 2.45) is 11.8 Å². The summed E-state index contributed by atoms with van der Waals surface area (Å²) in [5.74, 6) is 3.20. The fourth-order valence-electron chi connectivity index (χ4n) is 7.70. The molecule has 6 rings (SSSR count). The molecule has 0 spiro atoms. The Morgan fingerprint density at radius 2 is 1.35 bits per heavy atom. The Bertz CT molecular complexity index is 1320. The quantitative estimate of drug-likeness (QED) is 0.303. The Labute approximate surface area is 296 Å². The third kappa shape index (κ3) is 11.1. The third-order valence-electron chi connectivity index (χ3n) is 10.8. The summed E-state index contributed by atoms with van der Waals surface area (Å²) >= 11 is 0. The van der Waals surface area contributed by atoms with Crippen LogP contribution in [0.15, 0.2) is 48.5 Å². The lowest BCUT2D eigenvalue weighted by Gasteiger charge is -2.39. The molecule has 1 amide bonds. The van der Waals surface area contributed by atoms with E-state index in [1.807, 2.05) is 37.8 Å². The monoisotopic (exact) mass is 676 g/mol. The maximum atomic E-state index is 12.8. The Balaban J connectivity index is 0.000000199. The fourth-order valence-corrected chi connectivity index (χ4v) is 7.70. The molecule has 6 atom stereocenters. The number of hydrogen-bond acceptors (Lipinski definition) is 7. The van der Waals surface area contributed by atoms with Crippen molar-refractivity contribution in [2.75, 3.05) is 53.5 Å². The van der Waals surface area contributed by atoms with E-state index in [0.29, 0.717) is 24.0 Å². The first-order chi connectivity index (χ1) is 23.4. The zero-order valence-corrected chi connectivity index (χ0v) is 31.5. The molecule has 8 heteroatoms. The summed E-state index contributed by atoms with van der Waals surface area (Å²) in [6.45, 7) is 16.0. The van der Waals surface area contributed by atoms with E-state index in [-0.39, 0.29) is 12.1 Å². The third-order valence-corrected chi connectivity index (χ3v) is 10.8. The number of ether oxygens (including phenoxy) is 3. The normalized spacial score (nSPS) is 28.1. The first-order valence-electron chi connectivity index (χ1n) is 19.0. The molecule has 49 heavy (non-hydrogen) atoms. The zero-order chi connectivity index (χ0) is 35.0. The van der Waals surface area contributed by atoms with Gasteiger partial charge in [0.25, 0.3) is 0 Å². The van der Waals surface area contributed by atoms with E-state index >= 15 is 0 Å². The van der Waals surface area contributed by atoms with Crippen LogP contribution in [-0.4, -0.2) is 92.0 Å². The summed E-state index contributed by atoms with van der Waals surface area (Å²) < 4.78 is 17.8. The number of likely N-dealkylation sites (tertiary alicyclic amines) is 3. The predicted molar refractivity (Wildman–Crippen MR) is 198 cm³/mol. The van der Waals surface area contributed by atoms with Gasteiger partial charge < -0.3 is 34.2 Å². The second kappa shape index (κ2) is 17.4. The van der Waals surface area contributed by atoms with E-state index in [1.54, 1.807) is 0 Å². The van der Waals surface area contributed by atoms with Crippen LogP contribution in [0.3, 0.4) is 0 Å². The SMILES string of the molecule is C[C@H]1CC[C@H](c2cccc(OC[C@@H]3CCCN3C)c2)N(C(=O)OC(C)(C)C)C1.C[C@H]1CC[C@H](c2cccc(OC[C@@H]3CCCN3C)c2)NC1. The van der Waals surface area contributed by atoms with Gasteiger partial charge in [-0.3, -0.25) is 0 Å². The largest absolute Gasteiger partial charge is 0.492 e. The smallest absolute Gasteiger partial charge is 0.410 e. The number of rotatable bonds is 8. The van der Waals surface area contributed by atoms with Gasteiger partial charge in [-0.25, -0.2) is 4.79 Å². The summed E-state index contributed by atoms with van der Waals surface area (Å²) in [5, 5.41) is 3.65. The summed E-state index contributed by atoms with van der Waals surface area (Å²) in [6, 6.07) is 18.6. The average Bonchev–Trinajstić information content (AvgIpc) is 3.69. The molecule has 0 aromatic heterocycles. The predicted octanol–water partition coefficient (Wildman–Crippen LogP) is 8.09. The fraction of sp³-hybridized carbons (Fsp3) is 0.683. The van der Waals surface area contributed by atoms with Crippen LogP contribution in [0.1, 0.15) is 109 Å². The molecular weight excluding hydrogens is 612 g/mol. The van der Waals surface area contributed by atoms with Gasteiger partial charge in [-0.15, -0.1) is 0 Å². The van der Waals surface area contributed by atoms with E-state index in [0.717, 1.165) is 68.7 Å².